The average molecular weight is 471 g/mol. The SMILES string of the molecule is CC(C)C(O)C(C)(C)C(O)CCCC(=O)OC(=O)c1ccccc1C(=O)OCc1ccccc1. The van der Waals surface area contributed by atoms with E-state index in [0.29, 0.717) is 0 Å². The Labute approximate surface area is 200 Å². The molecule has 2 unspecified atom stereocenters. The zero-order valence-electron chi connectivity index (χ0n) is 20.2. The van der Waals surface area contributed by atoms with Crippen LogP contribution in [0, 0.1) is 11.3 Å². The van der Waals surface area contributed by atoms with Crippen LogP contribution in [-0.2, 0) is 20.9 Å². The van der Waals surface area contributed by atoms with Crippen molar-refractivity contribution in [2.45, 2.75) is 65.8 Å². The van der Waals surface area contributed by atoms with E-state index in [1.807, 2.05) is 44.2 Å². The van der Waals surface area contributed by atoms with Gasteiger partial charge >= 0.3 is 17.9 Å². The van der Waals surface area contributed by atoms with Gasteiger partial charge in [0.1, 0.15) is 6.61 Å². The molecule has 0 amide bonds. The summed E-state index contributed by atoms with van der Waals surface area (Å²) in [6.07, 6.45) is -1.06. The van der Waals surface area contributed by atoms with Crippen LogP contribution in [-0.4, -0.2) is 40.3 Å². The van der Waals surface area contributed by atoms with Crippen LogP contribution < -0.4 is 0 Å². The van der Waals surface area contributed by atoms with Crippen molar-refractivity contribution in [1.29, 1.82) is 0 Å². The molecule has 0 bridgehead atoms. The first-order valence-corrected chi connectivity index (χ1v) is 11.4. The van der Waals surface area contributed by atoms with Gasteiger partial charge in [0.05, 0.1) is 23.3 Å². The first-order valence-electron chi connectivity index (χ1n) is 11.4. The van der Waals surface area contributed by atoms with Crippen molar-refractivity contribution in [3.05, 3.63) is 71.3 Å². The Morgan fingerprint density at radius 2 is 1.44 bits per heavy atom. The molecule has 0 aromatic heterocycles. The Hall–Kier alpha value is -3.03. The van der Waals surface area contributed by atoms with Crippen LogP contribution in [0.15, 0.2) is 54.6 Å². The van der Waals surface area contributed by atoms with Gasteiger partial charge in [0.15, 0.2) is 0 Å². The second kappa shape index (κ2) is 12.4. The van der Waals surface area contributed by atoms with Gasteiger partial charge in [0.25, 0.3) is 0 Å². The maximum Gasteiger partial charge on any atom is 0.346 e. The molecular weight excluding hydrogens is 436 g/mol. The van der Waals surface area contributed by atoms with E-state index >= 15 is 0 Å². The van der Waals surface area contributed by atoms with Crippen molar-refractivity contribution in [2.75, 3.05) is 0 Å². The van der Waals surface area contributed by atoms with Gasteiger partial charge in [-0.05, 0) is 36.5 Å². The van der Waals surface area contributed by atoms with Gasteiger partial charge in [-0.1, -0.05) is 70.2 Å². The number of aliphatic hydroxyl groups is 2. The molecule has 0 aliphatic carbocycles. The van der Waals surface area contributed by atoms with Crippen LogP contribution in [0.25, 0.3) is 0 Å². The Morgan fingerprint density at radius 3 is 2.03 bits per heavy atom. The van der Waals surface area contributed by atoms with Crippen LogP contribution in [0.4, 0.5) is 0 Å². The van der Waals surface area contributed by atoms with Crippen molar-refractivity contribution >= 4 is 17.9 Å². The van der Waals surface area contributed by atoms with Gasteiger partial charge in [-0.2, -0.15) is 0 Å². The van der Waals surface area contributed by atoms with Crippen molar-refractivity contribution in [1.82, 2.24) is 0 Å². The lowest BCUT2D eigenvalue weighted by molar-refractivity contribution is -0.138. The lowest BCUT2D eigenvalue weighted by Gasteiger charge is -2.37. The van der Waals surface area contributed by atoms with Crippen LogP contribution >= 0.6 is 0 Å². The molecule has 34 heavy (non-hydrogen) atoms. The molecule has 7 heteroatoms. The molecule has 0 saturated carbocycles. The van der Waals surface area contributed by atoms with Gasteiger partial charge in [0, 0.05) is 11.8 Å². The molecule has 0 fully saturated rings. The third kappa shape index (κ3) is 7.50. The summed E-state index contributed by atoms with van der Waals surface area (Å²) in [5, 5.41) is 20.8. The first-order chi connectivity index (χ1) is 16.0. The number of aliphatic hydroxyl groups excluding tert-OH is 2. The summed E-state index contributed by atoms with van der Waals surface area (Å²) in [6, 6.07) is 15.1. The molecule has 0 spiro atoms. The van der Waals surface area contributed by atoms with Gasteiger partial charge in [-0.25, -0.2) is 9.59 Å². The van der Waals surface area contributed by atoms with E-state index in [1.165, 1.54) is 12.1 Å². The van der Waals surface area contributed by atoms with Crippen molar-refractivity contribution < 1.29 is 34.1 Å². The van der Waals surface area contributed by atoms with Gasteiger partial charge < -0.3 is 19.7 Å². The summed E-state index contributed by atoms with van der Waals surface area (Å²) in [4.78, 5) is 37.3. The minimum Gasteiger partial charge on any atom is -0.457 e. The largest absolute Gasteiger partial charge is 0.457 e. The highest BCUT2D eigenvalue weighted by molar-refractivity contribution is 6.05. The fourth-order valence-electron chi connectivity index (χ4n) is 3.72. The van der Waals surface area contributed by atoms with Gasteiger partial charge in [-0.3, -0.25) is 4.79 Å². The molecule has 2 rings (SSSR count). The number of rotatable bonds is 11. The highest BCUT2D eigenvalue weighted by Gasteiger charge is 2.36. The molecular formula is C27H34O7. The van der Waals surface area contributed by atoms with Crippen LogP contribution in [0.5, 0.6) is 0 Å². The monoisotopic (exact) mass is 470 g/mol. The van der Waals surface area contributed by atoms with E-state index < -0.39 is 35.5 Å². The zero-order valence-corrected chi connectivity index (χ0v) is 20.2. The number of hydrogen-bond donors (Lipinski definition) is 2. The molecule has 2 aromatic rings. The second-order valence-electron chi connectivity index (χ2n) is 9.29. The summed E-state index contributed by atoms with van der Waals surface area (Å²) < 4.78 is 10.2. The molecule has 184 valence electrons. The first kappa shape index (κ1) is 27.2. The Bertz CT molecular complexity index is 966. The summed E-state index contributed by atoms with van der Waals surface area (Å²) in [6.45, 7) is 7.34. The van der Waals surface area contributed by atoms with Gasteiger partial charge in [-0.15, -0.1) is 0 Å². The van der Waals surface area contributed by atoms with Crippen molar-refractivity contribution in [2.24, 2.45) is 11.3 Å². The molecule has 2 atom stereocenters. The fraction of sp³-hybridized carbons (Fsp3) is 0.444. The molecule has 0 radical (unpaired) electrons. The van der Waals surface area contributed by atoms with Gasteiger partial charge in [0.2, 0.25) is 0 Å². The predicted octanol–water partition coefficient (Wildman–Crippen LogP) is 4.30. The summed E-state index contributed by atoms with van der Waals surface area (Å²) >= 11 is 0. The van der Waals surface area contributed by atoms with E-state index in [9.17, 15) is 24.6 Å². The highest BCUT2D eigenvalue weighted by Crippen LogP contribution is 2.32. The van der Waals surface area contributed by atoms with Crippen LogP contribution in [0.1, 0.15) is 73.2 Å². The molecule has 7 nitrogen and oxygen atoms in total. The number of benzene rings is 2. The predicted molar refractivity (Wildman–Crippen MR) is 127 cm³/mol. The molecule has 0 aliphatic rings. The number of ether oxygens (including phenoxy) is 2. The third-order valence-corrected chi connectivity index (χ3v) is 5.90. The minimum atomic E-state index is -0.937. The number of carbonyl (C=O) groups is 3. The normalized spacial score (nSPS) is 13.3. The minimum absolute atomic E-state index is 0.0103. The van der Waals surface area contributed by atoms with E-state index in [2.05, 4.69) is 0 Å². The third-order valence-electron chi connectivity index (χ3n) is 5.90. The summed E-state index contributed by atoms with van der Waals surface area (Å²) in [7, 11) is 0. The van der Waals surface area contributed by atoms with Crippen molar-refractivity contribution in [3.63, 3.8) is 0 Å². The lowest BCUT2D eigenvalue weighted by atomic mass is 9.75. The van der Waals surface area contributed by atoms with Crippen LogP contribution in [0.2, 0.25) is 0 Å². The smallest absolute Gasteiger partial charge is 0.346 e. The molecule has 0 aliphatic heterocycles. The van der Waals surface area contributed by atoms with E-state index in [0.717, 1.165) is 5.56 Å². The molecule has 2 N–H and O–H groups in total. The number of hydrogen-bond acceptors (Lipinski definition) is 7. The Kier molecular flexibility index (Phi) is 9.96. The maximum atomic E-state index is 12.5. The lowest BCUT2D eigenvalue weighted by Crippen LogP contribution is -2.43. The van der Waals surface area contributed by atoms with Crippen molar-refractivity contribution in [3.8, 4) is 0 Å². The summed E-state index contributed by atoms with van der Waals surface area (Å²) in [5.41, 5.74) is 0.0102. The number of esters is 3. The fourth-order valence-corrected chi connectivity index (χ4v) is 3.72. The molecule has 0 heterocycles. The van der Waals surface area contributed by atoms with E-state index in [-0.39, 0.29) is 42.9 Å². The molecule has 0 saturated heterocycles. The standard InChI is InChI=1S/C27H34O7/c1-18(2)24(30)27(3,4)22(28)15-10-16-23(29)34-26(32)21-14-9-8-13-20(21)25(31)33-17-19-11-6-5-7-12-19/h5-9,11-14,18,22,24,28,30H,10,15-17H2,1-4H3. The highest BCUT2D eigenvalue weighted by atomic mass is 16.6. The van der Waals surface area contributed by atoms with Crippen LogP contribution in [0.3, 0.4) is 0 Å². The maximum absolute atomic E-state index is 12.5. The zero-order chi connectivity index (χ0) is 25.3. The van der Waals surface area contributed by atoms with E-state index in [4.69, 9.17) is 9.47 Å². The quantitative estimate of drug-likeness (QED) is 0.372. The molecule has 2 aromatic carbocycles. The second-order valence-corrected chi connectivity index (χ2v) is 9.29. The topological polar surface area (TPSA) is 110 Å². The summed E-state index contributed by atoms with van der Waals surface area (Å²) in [5.74, 6) is -2.41. The average Bonchev–Trinajstić information content (AvgIpc) is 2.82. The van der Waals surface area contributed by atoms with E-state index in [1.54, 1.807) is 26.0 Å². The Morgan fingerprint density at radius 1 is 0.882 bits per heavy atom. The Balaban J connectivity index is 1.90. The number of carbonyl (C=O) groups excluding carboxylic acids is 3.